The monoisotopic (exact) mass is 285 g/mol. The summed E-state index contributed by atoms with van der Waals surface area (Å²) in [5.74, 6) is -2.56. The van der Waals surface area contributed by atoms with Crippen molar-refractivity contribution >= 4 is 5.91 Å². The maximum atomic E-state index is 12.9. The van der Waals surface area contributed by atoms with Gasteiger partial charge >= 0.3 is 0 Å². The highest BCUT2D eigenvalue weighted by atomic mass is 19.3. The zero-order chi connectivity index (χ0) is 14.8. The molecule has 7 heteroatoms. The molecule has 1 aliphatic rings. The summed E-state index contributed by atoms with van der Waals surface area (Å²) in [5, 5.41) is 5.52. The number of nitrogens with zero attached hydrogens (tertiary/aromatic N) is 1. The Bertz CT molecular complexity index is 491. The fourth-order valence-corrected chi connectivity index (χ4v) is 2.20. The molecule has 0 spiro atoms. The van der Waals surface area contributed by atoms with Crippen LogP contribution in [0.1, 0.15) is 24.9 Å². The van der Waals surface area contributed by atoms with Gasteiger partial charge < -0.3 is 15.4 Å². The Hall–Kier alpha value is -1.76. The summed E-state index contributed by atoms with van der Waals surface area (Å²) in [6.45, 7) is 0.375. The zero-order valence-corrected chi connectivity index (χ0v) is 11.3. The average Bonchev–Trinajstić information content (AvgIpc) is 2.77. The second-order valence-electron chi connectivity index (χ2n) is 4.94. The van der Waals surface area contributed by atoms with Gasteiger partial charge in [-0.2, -0.15) is 0 Å². The van der Waals surface area contributed by atoms with E-state index in [4.69, 9.17) is 4.74 Å². The Kier molecular flexibility index (Phi) is 4.17. The number of carbonyl (C=O) groups is 1. The number of hydrogen-bond acceptors (Lipinski definition) is 4. The number of carbonyl (C=O) groups excluding carboxylic acids is 1. The normalized spacial score (nSPS) is 22.7. The van der Waals surface area contributed by atoms with E-state index in [1.54, 1.807) is 18.3 Å². The number of nitrogens with one attached hydrogen (secondary N) is 2. The average molecular weight is 285 g/mol. The van der Waals surface area contributed by atoms with Crippen molar-refractivity contribution in [3.8, 4) is 5.88 Å². The number of hydrogen-bond donors (Lipinski definition) is 2. The largest absolute Gasteiger partial charge is 0.481 e. The molecule has 0 saturated carbocycles. The molecule has 1 aromatic heterocycles. The number of halogens is 2. The molecule has 110 valence electrons. The van der Waals surface area contributed by atoms with E-state index in [0.29, 0.717) is 5.88 Å². The predicted octanol–water partition coefficient (Wildman–Crippen LogP) is 1.26. The third kappa shape index (κ3) is 3.63. The van der Waals surface area contributed by atoms with E-state index >= 15 is 0 Å². The van der Waals surface area contributed by atoms with Gasteiger partial charge in [0.2, 0.25) is 11.8 Å². The molecule has 5 nitrogen and oxygen atoms in total. The second-order valence-corrected chi connectivity index (χ2v) is 4.94. The Balaban J connectivity index is 2.13. The van der Waals surface area contributed by atoms with E-state index in [-0.39, 0.29) is 24.4 Å². The molecule has 0 aromatic carbocycles. The second kappa shape index (κ2) is 5.70. The molecular weight excluding hydrogens is 268 g/mol. The number of aromatic nitrogens is 1. The van der Waals surface area contributed by atoms with Crippen molar-refractivity contribution in [2.24, 2.45) is 0 Å². The maximum Gasteiger partial charge on any atom is 0.257 e. The molecule has 20 heavy (non-hydrogen) atoms. The first-order valence-corrected chi connectivity index (χ1v) is 6.29. The lowest BCUT2D eigenvalue weighted by atomic mass is 10.0. The van der Waals surface area contributed by atoms with Crippen LogP contribution in [-0.4, -0.2) is 36.5 Å². The van der Waals surface area contributed by atoms with Gasteiger partial charge in [0.25, 0.3) is 5.92 Å². The van der Waals surface area contributed by atoms with Crippen LogP contribution in [0.2, 0.25) is 0 Å². The Labute approximate surface area is 115 Å². The summed E-state index contributed by atoms with van der Waals surface area (Å²) in [7, 11) is 1.49. The maximum absolute atomic E-state index is 12.9. The van der Waals surface area contributed by atoms with Gasteiger partial charge in [0.1, 0.15) is 0 Å². The van der Waals surface area contributed by atoms with Crippen molar-refractivity contribution in [3.05, 3.63) is 23.9 Å². The van der Waals surface area contributed by atoms with Gasteiger partial charge in [0.05, 0.1) is 19.7 Å². The van der Waals surface area contributed by atoms with Crippen LogP contribution < -0.4 is 15.4 Å². The Morgan fingerprint density at radius 2 is 2.35 bits per heavy atom. The summed E-state index contributed by atoms with van der Waals surface area (Å²) in [5.41, 5.74) is 0.777. The third-order valence-electron chi connectivity index (χ3n) is 3.13. The topological polar surface area (TPSA) is 63.2 Å². The number of amides is 1. The van der Waals surface area contributed by atoms with E-state index in [9.17, 15) is 13.6 Å². The number of rotatable bonds is 5. The molecule has 1 fully saturated rings. The van der Waals surface area contributed by atoms with E-state index in [1.807, 2.05) is 0 Å². The molecule has 0 radical (unpaired) electrons. The molecule has 2 rings (SSSR count). The van der Waals surface area contributed by atoms with Crippen LogP contribution in [0.5, 0.6) is 5.88 Å². The van der Waals surface area contributed by atoms with Crippen LogP contribution in [0, 0.1) is 0 Å². The van der Waals surface area contributed by atoms with E-state index in [1.165, 1.54) is 7.11 Å². The SMILES string of the molecule is COc1cc([C@@H]2NC(=O)C[C@H]2NCC(C)(F)F)ccn1. The van der Waals surface area contributed by atoms with Crippen molar-refractivity contribution in [2.45, 2.75) is 31.4 Å². The number of pyridine rings is 1. The minimum atomic E-state index is -2.81. The van der Waals surface area contributed by atoms with Crippen molar-refractivity contribution in [1.29, 1.82) is 0 Å². The van der Waals surface area contributed by atoms with Gasteiger partial charge in [0, 0.05) is 31.6 Å². The Morgan fingerprint density at radius 1 is 1.60 bits per heavy atom. The van der Waals surface area contributed by atoms with Gasteiger partial charge in [-0.25, -0.2) is 13.8 Å². The molecule has 0 bridgehead atoms. The molecule has 0 unspecified atom stereocenters. The van der Waals surface area contributed by atoms with Crippen molar-refractivity contribution < 1.29 is 18.3 Å². The Morgan fingerprint density at radius 3 is 3.00 bits per heavy atom. The van der Waals surface area contributed by atoms with Crippen LogP contribution in [-0.2, 0) is 4.79 Å². The highest BCUT2D eigenvalue weighted by molar-refractivity contribution is 5.80. The summed E-state index contributed by atoms with van der Waals surface area (Å²) < 4.78 is 30.9. The molecule has 2 N–H and O–H groups in total. The van der Waals surface area contributed by atoms with Gasteiger partial charge in [-0.3, -0.25) is 4.79 Å². The number of ether oxygens (including phenoxy) is 1. The third-order valence-corrected chi connectivity index (χ3v) is 3.13. The van der Waals surface area contributed by atoms with Crippen LogP contribution in [0.4, 0.5) is 8.78 Å². The van der Waals surface area contributed by atoms with Crippen LogP contribution in [0.15, 0.2) is 18.3 Å². The highest BCUT2D eigenvalue weighted by Crippen LogP contribution is 2.26. The van der Waals surface area contributed by atoms with Crippen LogP contribution in [0.25, 0.3) is 0 Å². The number of alkyl halides is 2. The minimum absolute atomic E-state index is 0.164. The first-order chi connectivity index (χ1) is 9.39. The first-order valence-electron chi connectivity index (χ1n) is 6.29. The van der Waals surface area contributed by atoms with Crippen LogP contribution in [0.3, 0.4) is 0 Å². The minimum Gasteiger partial charge on any atom is -0.481 e. The molecule has 0 aliphatic carbocycles. The molecule has 2 heterocycles. The standard InChI is InChI=1S/C13H17F2N3O2/c1-13(14,15)7-17-9-6-10(19)18-12(9)8-3-4-16-11(5-8)20-2/h3-5,9,12,17H,6-7H2,1-2H3,(H,18,19)/t9-,12+/m1/s1. The smallest absolute Gasteiger partial charge is 0.257 e. The summed E-state index contributed by atoms with van der Waals surface area (Å²) in [6, 6.07) is 2.69. The molecule has 1 amide bonds. The first kappa shape index (κ1) is 14.6. The number of methoxy groups -OCH3 is 1. The lowest BCUT2D eigenvalue weighted by Gasteiger charge is -2.22. The molecule has 1 aromatic rings. The van der Waals surface area contributed by atoms with Crippen molar-refractivity contribution in [3.63, 3.8) is 0 Å². The van der Waals surface area contributed by atoms with E-state index in [0.717, 1.165) is 12.5 Å². The highest BCUT2D eigenvalue weighted by Gasteiger charge is 2.35. The van der Waals surface area contributed by atoms with Gasteiger partial charge in [-0.05, 0) is 11.6 Å². The van der Waals surface area contributed by atoms with Gasteiger partial charge in [-0.1, -0.05) is 0 Å². The van der Waals surface area contributed by atoms with E-state index in [2.05, 4.69) is 15.6 Å². The fourth-order valence-electron chi connectivity index (χ4n) is 2.20. The van der Waals surface area contributed by atoms with Crippen LogP contribution >= 0.6 is 0 Å². The molecule has 1 aliphatic heterocycles. The fraction of sp³-hybridized carbons (Fsp3) is 0.538. The summed E-state index contributed by atoms with van der Waals surface area (Å²) in [6.07, 6.45) is 1.73. The van der Waals surface area contributed by atoms with Crippen molar-refractivity contribution in [1.82, 2.24) is 15.6 Å². The van der Waals surface area contributed by atoms with Gasteiger partial charge in [0.15, 0.2) is 0 Å². The summed E-state index contributed by atoms with van der Waals surface area (Å²) in [4.78, 5) is 15.5. The zero-order valence-electron chi connectivity index (χ0n) is 11.3. The molecule has 2 atom stereocenters. The molecular formula is C13H17F2N3O2. The quantitative estimate of drug-likeness (QED) is 0.855. The van der Waals surface area contributed by atoms with E-state index < -0.39 is 12.5 Å². The van der Waals surface area contributed by atoms with Crippen molar-refractivity contribution in [2.75, 3.05) is 13.7 Å². The predicted molar refractivity (Wildman–Crippen MR) is 68.7 cm³/mol. The molecule has 1 saturated heterocycles. The lowest BCUT2D eigenvalue weighted by Crippen LogP contribution is -2.40. The summed E-state index contributed by atoms with van der Waals surface area (Å²) >= 11 is 0. The van der Waals surface area contributed by atoms with Gasteiger partial charge in [-0.15, -0.1) is 0 Å². The lowest BCUT2D eigenvalue weighted by molar-refractivity contribution is -0.119.